The van der Waals surface area contributed by atoms with Gasteiger partial charge in [0.2, 0.25) is 0 Å². The molecule has 1 saturated carbocycles. The molecule has 1 nitrogen and oxygen atoms in total. The number of aromatic nitrogens is 1. The molecule has 0 aliphatic heterocycles. The highest BCUT2D eigenvalue weighted by atomic mass is 32.1. The third kappa shape index (κ3) is 1.34. The molecule has 1 N–H and O–H groups in total. The number of terminal acetylenes is 1. The molecule has 0 saturated heterocycles. The van der Waals surface area contributed by atoms with Crippen LogP contribution in [-0.4, -0.2) is 4.98 Å². The van der Waals surface area contributed by atoms with Crippen LogP contribution in [0.1, 0.15) is 23.4 Å². The molecule has 0 bridgehead atoms. The first kappa shape index (κ1) is 8.14. The Hall–Kier alpha value is -1.20. The lowest BCUT2D eigenvalue weighted by atomic mass is 10.2. The number of aromatic amines is 1. The van der Waals surface area contributed by atoms with Crippen LogP contribution in [0.2, 0.25) is 0 Å². The Morgan fingerprint density at radius 3 is 3.00 bits per heavy atom. The number of H-pyrrole nitrogens is 1. The lowest BCUT2D eigenvalue weighted by Gasteiger charge is -1.89. The van der Waals surface area contributed by atoms with Crippen LogP contribution in [0.3, 0.4) is 0 Å². The molecule has 0 unspecified atom stereocenters. The van der Waals surface area contributed by atoms with Crippen LogP contribution in [0.25, 0.3) is 10.2 Å². The van der Waals surface area contributed by atoms with E-state index in [2.05, 4.69) is 23.0 Å². The minimum absolute atomic E-state index is 0.893. The summed E-state index contributed by atoms with van der Waals surface area (Å²) in [5, 5.41) is 1.28. The van der Waals surface area contributed by atoms with Crippen molar-refractivity contribution in [1.82, 2.24) is 4.98 Å². The molecule has 0 amide bonds. The first-order valence-electron chi connectivity index (χ1n) is 4.93. The van der Waals surface area contributed by atoms with Gasteiger partial charge < -0.3 is 4.98 Å². The number of thiophene rings is 1. The highest BCUT2D eigenvalue weighted by Gasteiger charge is 2.22. The average Bonchev–Trinajstić information content (AvgIpc) is 2.75. The van der Waals surface area contributed by atoms with Gasteiger partial charge in [-0.3, -0.25) is 0 Å². The molecule has 2 heterocycles. The predicted octanol–water partition coefficient (Wildman–Crippen LogP) is 3.16. The van der Waals surface area contributed by atoms with E-state index in [1.54, 1.807) is 0 Å². The summed E-state index contributed by atoms with van der Waals surface area (Å²) in [6, 6.07) is 4.33. The van der Waals surface area contributed by atoms with Crippen LogP contribution in [-0.2, 0) is 6.42 Å². The second-order valence-corrected chi connectivity index (χ2v) is 5.11. The number of nitrogens with one attached hydrogen (secondary N) is 1. The van der Waals surface area contributed by atoms with Gasteiger partial charge in [0, 0.05) is 10.3 Å². The molecule has 1 aliphatic carbocycles. The van der Waals surface area contributed by atoms with Crippen molar-refractivity contribution in [3.8, 4) is 12.3 Å². The average molecular weight is 201 g/mol. The molecule has 3 rings (SSSR count). The molecule has 2 aromatic rings. The fourth-order valence-corrected chi connectivity index (χ4v) is 2.93. The lowest BCUT2D eigenvalue weighted by Crippen LogP contribution is -1.79. The van der Waals surface area contributed by atoms with Gasteiger partial charge in [-0.25, -0.2) is 0 Å². The van der Waals surface area contributed by atoms with Gasteiger partial charge in [0.15, 0.2) is 0 Å². The maximum Gasteiger partial charge on any atom is 0.101 e. The maximum atomic E-state index is 5.33. The summed E-state index contributed by atoms with van der Waals surface area (Å²) in [7, 11) is 0. The van der Waals surface area contributed by atoms with E-state index in [4.69, 9.17) is 6.42 Å². The number of fused-ring (bicyclic) bond motifs is 1. The van der Waals surface area contributed by atoms with Gasteiger partial charge in [-0.15, -0.1) is 17.8 Å². The molecule has 0 atom stereocenters. The van der Waals surface area contributed by atoms with E-state index < -0.39 is 0 Å². The first-order valence-corrected chi connectivity index (χ1v) is 5.75. The summed E-state index contributed by atoms with van der Waals surface area (Å²) in [6.07, 6.45) is 9.42. The van der Waals surface area contributed by atoms with Gasteiger partial charge in [-0.2, -0.15) is 0 Å². The van der Waals surface area contributed by atoms with E-state index in [9.17, 15) is 0 Å². The molecule has 2 heteroatoms. The Labute approximate surface area is 87.1 Å². The second-order valence-electron chi connectivity index (χ2n) is 3.97. The molecule has 1 aliphatic rings. The summed E-state index contributed by atoms with van der Waals surface area (Å²) in [5.41, 5.74) is 0.893. The van der Waals surface area contributed by atoms with Crippen molar-refractivity contribution in [2.75, 3.05) is 0 Å². The predicted molar refractivity (Wildman–Crippen MR) is 60.5 cm³/mol. The van der Waals surface area contributed by atoms with E-state index in [0.29, 0.717) is 0 Å². The topological polar surface area (TPSA) is 15.8 Å². The highest BCUT2D eigenvalue weighted by Crippen LogP contribution is 2.36. The number of hydrogen-bond donors (Lipinski definition) is 1. The van der Waals surface area contributed by atoms with Crippen molar-refractivity contribution < 1.29 is 0 Å². The molecule has 2 aromatic heterocycles. The van der Waals surface area contributed by atoms with E-state index in [1.165, 1.54) is 34.4 Å². The monoisotopic (exact) mass is 201 g/mol. The van der Waals surface area contributed by atoms with Gasteiger partial charge in [0.25, 0.3) is 0 Å². The van der Waals surface area contributed by atoms with Crippen molar-refractivity contribution in [1.29, 1.82) is 0 Å². The third-order valence-corrected chi connectivity index (χ3v) is 3.79. The van der Waals surface area contributed by atoms with Crippen LogP contribution >= 0.6 is 11.3 Å². The van der Waals surface area contributed by atoms with E-state index >= 15 is 0 Å². The van der Waals surface area contributed by atoms with Crippen LogP contribution in [0.15, 0.2) is 12.1 Å². The van der Waals surface area contributed by atoms with Gasteiger partial charge in [-0.1, -0.05) is 5.92 Å². The molecule has 0 radical (unpaired) electrons. The van der Waals surface area contributed by atoms with Crippen LogP contribution in [0, 0.1) is 18.3 Å². The minimum atomic E-state index is 0.893. The largest absolute Gasteiger partial charge is 0.340 e. The van der Waals surface area contributed by atoms with Crippen LogP contribution < -0.4 is 0 Å². The Balaban J connectivity index is 1.96. The Bertz CT molecular complexity index is 476. The number of rotatable bonds is 2. The van der Waals surface area contributed by atoms with Crippen molar-refractivity contribution in [3.05, 3.63) is 22.7 Å². The maximum absolute atomic E-state index is 5.33. The summed E-state index contributed by atoms with van der Waals surface area (Å²) < 4.78 is 0. The van der Waals surface area contributed by atoms with Crippen molar-refractivity contribution in [3.63, 3.8) is 0 Å². The zero-order chi connectivity index (χ0) is 9.54. The van der Waals surface area contributed by atoms with E-state index in [-0.39, 0.29) is 0 Å². The fourth-order valence-electron chi connectivity index (χ4n) is 1.76. The van der Waals surface area contributed by atoms with Gasteiger partial charge in [0.1, 0.15) is 4.83 Å². The van der Waals surface area contributed by atoms with Gasteiger partial charge in [0.05, 0.1) is 5.69 Å². The van der Waals surface area contributed by atoms with E-state index in [1.807, 2.05) is 11.3 Å². The zero-order valence-corrected chi connectivity index (χ0v) is 8.66. The normalized spacial score (nSPS) is 15.9. The first-order chi connectivity index (χ1) is 6.85. The second kappa shape index (κ2) is 2.90. The summed E-state index contributed by atoms with van der Waals surface area (Å²) >= 11 is 1.85. The smallest absolute Gasteiger partial charge is 0.101 e. The van der Waals surface area contributed by atoms with Crippen molar-refractivity contribution in [2.24, 2.45) is 5.92 Å². The Kier molecular flexibility index (Phi) is 1.68. The minimum Gasteiger partial charge on any atom is -0.340 e. The summed E-state index contributed by atoms with van der Waals surface area (Å²) in [6.45, 7) is 0. The van der Waals surface area contributed by atoms with Gasteiger partial charge >= 0.3 is 0 Å². The molecule has 0 aromatic carbocycles. The van der Waals surface area contributed by atoms with Crippen LogP contribution in [0.5, 0.6) is 0 Å². The van der Waals surface area contributed by atoms with Crippen LogP contribution in [0.4, 0.5) is 0 Å². The highest BCUT2D eigenvalue weighted by molar-refractivity contribution is 7.18. The molecular formula is C12H11NS. The molecular weight excluding hydrogens is 190 g/mol. The van der Waals surface area contributed by atoms with Gasteiger partial charge in [-0.05, 0) is 37.3 Å². The Morgan fingerprint density at radius 1 is 1.50 bits per heavy atom. The third-order valence-electron chi connectivity index (χ3n) is 2.70. The molecule has 14 heavy (non-hydrogen) atoms. The summed E-state index contributed by atoms with van der Waals surface area (Å²) in [5.74, 6) is 3.59. The molecule has 1 fully saturated rings. The van der Waals surface area contributed by atoms with E-state index in [0.717, 1.165) is 11.6 Å². The molecule has 70 valence electrons. The zero-order valence-electron chi connectivity index (χ0n) is 7.84. The Morgan fingerprint density at radius 2 is 2.36 bits per heavy atom. The number of hydrogen-bond acceptors (Lipinski definition) is 1. The quantitative estimate of drug-likeness (QED) is 0.718. The van der Waals surface area contributed by atoms with Crippen molar-refractivity contribution in [2.45, 2.75) is 19.3 Å². The fraction of sp³-hybridized carbons (Fsp3) is 0.333. The standard InChI is InChI=1S/C12H11NS/c1-2-10-6-9-7-11(5-8-3-4-8)14-12(9)13-10/h1,6-8,13H,3-5H2. The SMILES string of the molecule is C#Cc1cc2cc(CC3CC3)sc2[nH]1. The summed E-state index contributed by atoms with van der Waals surface area (Å²) in [4.78, 5) is 5.97. The molecule has 0 spiro atoms. The lowest BCUT2D eigenvalue weighted by molar-refractivity contribution is 0.847. The van der Waals surface area contributed by atoms with Crippen molar-refractivity contribution >= 4 is 21.6 Å².